The van der Waals surface area contributed by atoms with Crippen molar-refractivity contribution in [1.29, 1.82) is 0 Å². The molecule has 0 aliphatic carbocycles. The zero-order valence-electron chi connectivity index (χ0n) is 17.9. The largest absolute Gasteiger partial charge is 0.495 e. The van der Waals surface area contributed by atoms with Crippen LogP contribution in [0.5, 0.6) is 5.75 Å². The van der Waals surface area contributed by atoms with Crippen LogP contribution in [0.2, 0.25) is 0 Å². The molecule has 3 aromatic heterocycles. The summed E-state index contributed by atoms with van der Waals surface area (Å²) >= 11 is 5.03. The van der Waals surface area contributed by atoms with Gasteiger partial charge in [-0.15, -0.1) is 11.8 Å². The lowest BCUT2D eigenvalue weighted by molar-refractivity contribution is -0.124. The number of amides is 2. The van der Waals surface area contributed by atoms with Gasteiger partial charge in [0.15, 0.2) is 5.65 Å². The summed E-state index contributed by atoms with van der Waals surface area (Å²) in [7, 11) is 1.60. The van der Waals surface area contributed by atoms with Crippen LogP contribution in [0.1, 0.15) is 23.4 Å². The van der Waals surface area contributed by atoms with E-state index in [1.807, 2.05) is 13.0 Å². The molecule has 1 aliphatic heterocycles. The second-order valence-electron chi connectivity index (χ2n) is 7.37. The predicted molar refractivity (Wildman–Crippen MR) is 128 cm³/mol. The minimum atomic E-state index is -0.598. The van der Waals surface area contributed by atoms with Crippen molar-refractivity contribution in [3.8, 4) is 5.75 Å². The molecule has 0 saturated carbocycles. The average molecular weight is 533 g/mol. The summed E-state index contributed by atoms with van der Waals surface area (Å²) in [6, 6.07) is 0. The highest BCUT2D eigenvalue weighted by molar-refractivity contribution is 9.10. The molecule has 11 nitrogen and oxygen atoms in total. The van der Waals surface area contributed by atoms with Gasteiger partial charge in [0, 0.05) is 23.9 Å². The molecule has 4 heterocycles. The Morgan fingerprint density at radius 3 is 2.88 bits per heavy atom. The maximum Gasteiger partial charge on any atom is 0.236 e. The highest BCUT2D eigenvalue weighted by atomic mass is 79.9. The first-order valence-electron chi connectivity index (χ1n) is 9.86. The highest BCUT2D eigenvalue weighted by Crippen LogP contribution is 2.36. The SMILES string of the molecule is COc1c(C)cnc(Cn2nc3c4c(nc(N)nc42)SCC(CC(=O)NCC(N)=O)=C3)c1Br. The number of carbonyl (C=O) groups is 2. The van der Waals surface area contributed by atoms with Crippen LogP contribution in [0.3, 0.4) is 0 Å². The zero-order chi connectivity index (χ0) is 23.7. The van der Waals surface area contributed by atoms with E-state index < -0.39 is 5.91 Å². The van der Waals surface area contributed by atoms with E-state index in [1.165, 1.54) is 11.8 Å². The molecule has 0 unspecified atom stereocenters. The Balaban J connectivity index is 1.72. The number of rotatable bonds is 7. The fourth-order valence-electron chi connectivity index (χ4n) is 3.45. The van der Waals surface area contributed by atoms with Crippen molar-refractivity contribution in [2.75, 3.05) is 25.1 Å². The molecule has 0 aromatic carbocycles. The van der Waals surface area contributed by atoms with Gasteiger partial charge < -0.3 is 21.5 Å². The predicted octanol–water partition coefficient (Wildman–Crippen LogP) is 1.41. The number of hydrogen-bond donors (Lipinski definition) is 3. The third-order valence-electron chi connectivity index (χ3n) is 4.91. The standard InChI is InChI=1S/C20H21BrN8O3S/c1-9-5-24-12(16(21)17(9)32-2)7-29-18-15-11(28-29)3-10(4-14(31)25-6-13(22)30)8-33-19(15)27-20(23)26-18/h3,5H,4,6-8H2,1-2H3,(H2,22,30)(H,25,31)(H2,23,26,27). The number of nitrogens with one attached hydrogen (secondary N) is 1. The number of nitrogens with two attached hydrogens (primary N) is 2. The Labute approximate surface area is 201 Å². The van der Waals surface area contributed by atoms with Crippen molar-refractivity contribution < 1.29 is 14.3 Å². The zero-order valence-corrected chi connectivity index (χ0v) is 20.3. The van der Waals surface area contributed by atoms with Gasteiger partial charge in [-0.1, -0.05) is 0 Å². The van der Waals surface area contributed by atoms with Gasteiger partial charge in [-0.05, 0) is 34.5 Å². The number of nitrogens with zero attached hydrogens (tertiary/aromatic N) is 5. The lowest BCUT2D eigenvalue weighted by Crippen LogP contribution is -2.33. The molecule has 13 heteroatoms. The lowest BCUT2D eigenvalue weighted by Gasteiger charge is -2.11. The second-order valence-corrected chi connectivity index (χ2v) is 9.13. The van der Waals surface area contributed by atoms with E-state index in [4.69, 9.17) is 21.3 Å². The maximum absolute atomic E-state index is 12.2. The minimum absolute atomic E-state index is 0.105. The number of carbonyl (C=O) groups excluding carboxylic acids is 2. The lowest BCUT2D eigenvalue weighted by atomic mass is 10.1. The first-order chi connectivity index (χ1) is 15.8. The van der Waals surface area contributed by atoms with Crippen molar-refractivity contribution in [3.05, 3.63) is 33.2 Å². The van der Waals surface area contributed by atoms with E-state index in [2.05, 4.69) is 36.2 Å². The van der Waals surface area contributed by atoms with Crippen molar-refractivity contribution in [2.24, 2.45) is 5.73 Å². The van der Waals surface area contributed by atoms with Gasteiger partial charge >= 0.3 is 0 Å². The van der Waals surface area contributed by atoms with E-state index in [0.29, 0.717) is 40.1 Å². The van der Waals surface area contributed by atoms with Crippen molar-refractivity contribution in [1.82, 2.24) is 30.0 Å². The Morgan fingerprint density at radius 1 is 1.36 bits per heavy atom. The molecule has 172 valence electrons. The van der Waals surface area contributed by atoms with Crippen molar-refractivity contribution in [3.63, 3.8) is 0 Å². The van der Waals surface area contributed by atoms with Crippen LogP contribution in [0, 0.1) is 6.92 Å². The van der Waals surface area contributed by atoms with Gasteiger partial charge in [0.05, 0.1) is 41.4 Å². The molecule has 0 radical (unpaired) electrons. The van der Waals surface area contributed by atoms with Crippen molar-refractivity contribution >= 4 is 62.6 Å². The molecule has 3 aromatic rings. The van der Waals surface area contributed by atoms with Crippen molar-refractivity contribution in [2.45, 2.75) is 24.9 Å². The fourth-order valence-corrected chi connectivity index (χ4v) is 5.16. The summed E-state index contributed by atoms with van der Waals surface area (Å²) in [5.41, 5.74) is 14.7. The third-order valence-corrected chi connectivity index (χ3v) is 6.82. The molecular formula is C20H21BrN8O3S. The first kappa shape index (κ1) is 23.0. The van der Waals surface area contributed by atoms with Gasteiger partial charge in [0.2, 0.25) is 17.8 Å². The van der Waals surface area contributed by atoms with E-state index >= 15 is 0 Å². The van der Waals surface area contributed by atoms with Gasteiger partial charge in [0.1, 0.15) is 10.8 Å². The summed E-state index contributed by atoms with van der Waals surface area (Å²) in [5, 5.41) is 8.68. The van der Waals surface area contributed by atoms with E-state index in [9.17, 15) is 9.59 Å². The quantitative estimate of drug-likeness (QED) is 0.381. The fraction of sp³-hybridized carbons (Fsp3) is 0.300. The number of aromatic nitrogens is 5. The molecule has 0 spiro atoms. The number of ether oxygens (including phenoxy) is 1. The molecule has 0 saturated heterocycles. The minimum Gasteiger partial charge on any atom is -0.495 e. The first-order valence-corrected chi connectivity index (χ1v) is 11.6. The number of thioether (sulfide) groups is 1. The summed E-state index contributed by atoms with van der Waals surface area (Å²) < 4.78 is 7.92. The van der Waals surface area contributed by atoms with E-state index in [1.54, 1.807) is 18.0 Å². The van der Waals surface area contributed by atoms with Gasteiger partial charge in [0.25, 0.3) is 0 Å². The molecule has 0 fully saturated rings. The number of methoxy groups -OCH3 is 1. The molecule has 33 heavy (non-hydrogen) atoms. The number of aryl methyl sites for hydroxylation is 1. The number of halogens is 1. The molecule has 2 amide bonds. The number of pyridine rings is 1. The topological polar surface area (TPSA) is 164 Å². The van der Waals surface area contributed by atoms with Crippen LogP contribution < -0.4 is 21.5 Å². The summed E-state index contributed by atoms with van der Waals surface area (Å²) in [6.45, 7) is 2.02. The van der Waals surface area contributed by atoms with Gasteiger partial charge in [-0.2, -0.15) is 10.1 Å². The number of nitrogen functional groups attached to an aromatic ring is 1. The average Bonchev–Trinajstić information content (AvgIpc) is 2.99. The number of primary amides is 1. The Bertz CT molecular complexity index is 1310. The normalized spacial score (nSPS) is 12.9. The smallest absolute Gasteiger partial charge is 0.236 e. The summed E-state index contributed by atoms with van der Waals surface area (Å²) in [4.78, 5) is 36.4. The summed E-state index contributed by atoms with van der Waals surface area (Å²) in [6.07, 6.45) is 3.69. The Kier molecular flexibility index (Phi) is 6.51. The summed E-state index contributed by atoms with van der Waals surface area (Å²) in [5.74, 6) is 0.460. The van der Waals surface area contributed by atoms with Crippen LogP contribution in [0.25, 0.3) is 17.1 Å². The van der Waals surface area contributed by atoms with Crippen LogP contribution in [-0.2, 0) is 16.1 Å². The van der Waals surface area contributed by atoms with E-state index in [-0.39, 0.29) is 24.8 Å². The molecular weight excluding hydrogens is 512 g/mol. The second kappa shape index (κ2) is 9.35. The number of anilines is 1. The number of hydrogen-bond acceptors (Lipinski definition) is 9. The molecule has 0 atom stereocenters. The molecule has 4 rings (SSSR count). The molecule has 0 bridgehead atoms. The van der Waals surface area contributed by atoms with E-state index in [0.717, 1.165) is 21.0 Å². The Hall–Kier alpha value is -3.19. The van der Waals surface area contributed by atoms with Crippen LogP contribution in [0.4, 0.5) is 5.95 Å². The Morgan fingerprint density at radius 2 is 2.15 bits per heavy atom. The van der Waals surface area contributed by atoms with Gasteiger partial charge in [-0.3, -0.25) is 14.6 Å². The maximum atomic E-state index is 12.2. The highest BCUT2D eigenvalue weighted by Gasteiger charge is 2.23. The van der Waals surface area contributed by atoms with Crippen LogP contribution in [-0.4, -0.2) is 56.0 Å². The molecule has 1 aliphatic rings. The van der Waals surface area contributed by atoms with Crippen LogP contribution >= 0.6 is 27.7 Å². The van der Waals surface area contributed by atoms with Gasteiger partial charge in [-0.25, -0.2) is 9.67 Å². The van der Waals surface area contributed by atoms with Crippen LogP contribution in [0.15, 0.2) is 21.3 Å². The third kappa shape index (κ3) is 4.78. The molecule has 5 N–H and O–H groups in total. The monoisotopic (exact) mass is 532 g/mol.